The molecule has 13 heavy (non-hydrogen) atoms. The smallest absolute Gasteiger partial charge is 0.133 e. The van der Waals surface area contributed by atoms with Crippen molar-refractivity contribution in [1.82, 2.24) is 0 Å². The summed E-state index contributed by atoms with van der Waals surface area (Å²) in [4.78, 5) is 11.2. The van der Waals surface area contributed by atoms with E-state index in [9.17, 15) is 4.79 Å². The summed E-state index contributed by atoms with van der Waals surface area (Å²) in [6, 6.07) is 0. The van der Waals surface area contributed by atoms with Gasteiger partial charge >= 0.3 is 0 Å². The Morgan fingerprint density at radius 3 is 1.92 bits per heavy atom. The first-order chi connectivity index (χ1) is 5.97. The second-order valence-corrected chi connectivity index (χ2v) is 6.00. The normalized spacial score (nSPS) is 39.6. The molecule has 2 fully saturated rings. The van der Waals surface area contributed by atoms with Crippen LogP contribution in [0.5, 0.6) is 0 Å². The summed E-state index contributed by atoms with van der Waals surface area (Å²) >= 11 is 0. The quantitative estimate of drug-likeness (QED) is 0.560. The van der Waals surface area contributed by atoms with E-state index < -0.39 is 0 Å². The van der Waals surface area contributed by atoms with Gasteiger partial charge in [-0.1, -0.05) is 20.8 Å². The lowest BCUT2D eigenvalue weighted by Gasteiger charge is -2.27. The highest BCUT2D eigenvalue weighted by molar-refractivity contribution is 5.81. The molecule has 2 atom stereocenters. The van der Waals surface area contributed by atoms with Crippen LogP contribution in [-0.4, -0.2) is 5.78 Å². The Hall–Kier alpha value is -0.330. The third-order valence-corrected chi connectivity index (χ3v) is 4.05. The highest BCUT2D eigenvalue weighted by Crippen LogP contribution is 2.50. The van der Waals surface area contributed by atoms with E-state index in [1.54, 1.807) is 0 Å². The van der Waals surface area contributed by atoms with Gasteiger partial charge in [0.05, 0.1) is 0 Å². The van der Waals surface area contributed by atoms with E-state index >= 15 is 0 Å². The van der Waals surface area contributed by atoms with Crippen molar-refractivity contribution < 1.29 is 4.79 Å². The predicted octanol–water partition coefficient (Wildman–Crippen LogP) is 3.04. The largest absolute Gasteiger partial charge is 0.300 e. The first-order valence-corrected chi connectivity index (χ1v) is 5.48. The van der Waals surface area contributed by atoms with Crippen molar-refractivity contribution in [3.05, 3.63) is 0 Å². The monoisotopic (exact) mass is 180 g/mol. The van der Waals surface area contributed by atoms with Gasteiger partial charge in [0, 0.05) is 12.8 Å². The van der Waals surface area contributed by atoms with E-state index in [0.29, 0.717) is 11.2 Å². The zero-order valence-electron chi connectivity index (χ0n) is 8.97. The Balaban J connectivity index is 2.01. The van der Waals surface area contributed by atoms with Crippen LogP contribution in [0.15, 0.2) is 0 Å². The second-order valence-electron chi connectivity index (χ2n) is 6.00. The van der Waals surface area contributed by atoms with Crippen LogP contribution in [0.2, 0.25) is 0 Å². The summed E-state index contributed by atoms with van der Waals surface area (Å²) in [5.41, 5.74) is 0.452. The van der Waals surface area contributed by atoms with Crippen LogP contribution in [-0.2, 0) is 4.79 Å². The number of ketones is 1. The van der Waals surface area contributed by atoms with Gasteiger partial charge in [-0.2, -0.15) is 0 Å². The molecule has 0 amide bonds. The Bertz CT molecular complexity index is 208. The second kappa shape index (κ2) is 2.83. The molecule has 2 saturated carbocycles. The fraction of sp³-hybridized carbons (Fsp3) is 0.917. The minimum absolute atomic E-state index is 0.452. The van der Waals surface area contributed by atoms with Crippen LogP contribution in [0.1, 0.15) is 46.5 Å². The van der Waals surface area contributed by atoms with E-state index in [2.05, 4.69) is 20.8 Å². The van der Waals surface area contributed by atoms with Crippen LogP contribution in [0, 0.1) is 23.2 Å². The molecule has 0 heterocycles. The minimum Gasteiger partial charge on any atom is -0.300 e. The van der Waals surface area contributed by atoms with Gasteiger partial charge in [0.1, 0.15) is 5.78 Å². The summed E-state index contributed by atoms with van der Waals surface area (Å²) < 4.78 is 0. The van der Waals surface area contributed by atoms with E-state index in [1.807, 2.05) is 0 Å². The zero-order valence-corrected chi connectivity index (χ0v) is 8.97. The standard InChI is InChI=1S/C12H20O/c1-12(2,3)10-4-8-6-11(13)7-9(8)5-10/h8-10H,4-7H2,1-3H3. The van der Waals surface area contributed by atoms with E-state index in [-0.39, 0.29) is 0 Å². The maximum atomic E-state index is 11.2. The number of carbonyl (C=O) groups excluding carboxylic acids is 1. The lowest BCUT2D eigenvalue weighted by molar-refractivity contribution is -0.118. The Labute approximate surface area is 80.9 Å². The highest BCUT2D eigenvalue weighted by atomic mass is 16.1. The first kappa shape index (κ1) is 9.23. The van der Waals surface area contributed by atoms with Crippen LogP contribution in [0.25, 0.3) is 0 Å². The molecule has 1 nitrogen and oxygen atoms in total. The minimum atomic E-state index is 0.452. The van der Waals surface area contributed by atoms with Gasteiger partial charge in [-0.3, -0.25) is 4.79 Å². The van der Waals surface area contributed by atoms with Crippen molar-refractivity contribution >= 4 is 5.78 Å². The summed E-state index contributed by atoms with van der Waals surface area (Å²) in [5, 5.41) is 0. The van der Waals surface area contributed by atoms with E-state index in [1.165, 1.54) is 12.8 Å². The number of fused-ring (bicyclic) bond motifs is 1. The van der Waals surface area contributed by atoms with Gasteiger partial charge in [0.2, 0.25) is 0 Å². The number of rotatable bonds is 0. The fourth-order valence-corrected chi connectivity index (χ4v) is 3.09. The molecular weight excluding hydrogens is 160 g/mol. The summed E-state index contributed by atoms with van der Waals surface area (Å²) in [7, 11) is 0. The molecule has 0 N–H and O–H groups in total. The first-order valence-electron chi connectivity index (χ1n) is 5.48. The van der Waals surface area contributed by atoms with Crippen LogP contribution < -0.4 is 0 Å². The Kier molecular flexibility index (Phi) is 2.01. The molecule has 0 aromatic heterocycles. The maximum Gasteiger partial charge on any atom is 0.133 e. The maximum absolute atomic E-state index is 11.2. The van der Waals surface area contributed by atoms with Crippen LogP contribution in [0.3, 0.4) is 0 Å². The third-order valence-electron chi connectivity index (χ3n) is 4.05. The molecule has 0 saturated heterocycles. The highest BCUT2D eigenvalue weighted by Gasteiger charge is 2.44. The Morgan fingerprint density at radius 1 is 1.08 bits per heavy atom. The molecule has 74 valence electrons. The number of hydrogen-bond donors (Lipinski definition) is 0. The lowest BCUT2D eigenvalue weighted by Crippen LogP contribution is -2.18. The van der Waals surface area contributed by atoms with Gasteiger partial charge in [-0.05, 0) is 36.0 Å². The van der Waals surface area contributed by atoms with Crippen molar-refractivity contribution in [2.45, 2.75) is 46.5 Å². The van der Waals surface area contributed by atoms with Crippen molar-refractivity contribution in [2.24, 2.45) is 23.2 Å². The lowest BCUT2D eigenvalue weighted by atomic mass is 9.78. The van der Waals surface area contributed by atoms with Gasteiger partial charge in [-0.25, -0.2) is 0 Å². The number of Topliss-reactive ketones (excluding diaryl/α,β-unsaturated/α-hetero) is 1. The third kappa shape index (κ3) is 1.66. The molecule has 2 aliphatic rings. The molecule has 0 aromatic carbocycles. The fourth-order valence-electron chi connectivity index (χ4n) is 3.09. The average Bonchev–Trinajstić information content (AvgIpc) is 2.40. The zero-order chi connectivity index (χ0) is 9.64. The molecule has 2 unspecified atom stereocenters. The van der Waals surface area contributed by atoms with Crippen LogP contribution >= 0.6 is 0 Å². The predicted molar refractivity (Wildman–Crippen MR) is 53.4 cm³/mol. The molecule has 0 aromatic rings. The van der Waals surface area contributed by atoms with Gasteiger partial charge < -0.3 is 0 Å². The number of hydrogen-bond acceptors (Lipinski definition) is 1. The summed E-state index contributed by atoms with van der Waals surface area (Å²) in [6.07, 6.45) is 4.38. The van der Waals surface area contributed by atoms with Gasteiger partial charge in [0.15, 0.2) is 0 Å². The molecule has 0 bridgehead atoms. The van der Waals surface area contributed by atoms with Gasteiger partial charge in [0.25, 0.3) is 0 Å². The molecule has 2 aliphatic carbocycles. The summed E-state index contributed by atoms with van der Waals surface area (Å²) in [6.45, 7) is 7.00. The Morgan fingerprint density at radius 2 is 1.54 bits per heavy atom. The van der Waals surface area contributed by atoms with Gasteiger partial charge in [-0.15, -0.1) is 0 Å². The SMILES string of the molecule is CC(C)(C)C1CC2CC(=O)CC2C1. The van der Waals surface area contributed by atoms with Crippen molar-refractivity contribution in [3.8, 4) is 0 Å². The van der Waals surface area contributed by atoms with Crippen molar-refractivity contribution in [3.63, 3.8) is 0 Å². The van der Waals surface area contributed by atoms with Crippen molar-refractivity contribution in [1.29, 1.82) is 0 Å². The molecular formula is C12H20O. The van der Waals surface area contributed by atoms with E-state index in [4.69, 9.17) is 0 Å². The van der Waals surface area contributed by atoms with E-state index in [0.717, 1.165) is 30.6 Å². The molecule has 0 spiro atoms. The van der Waals surface area contributed by atoms with Crippen LogP contribution in [0.4, 0.5) is 0 Å². The van der Waals surface area contributed by atoms with Crippen molar-refractivity contribution in [2.75, 3.05) is 0 Å². The number of carbonyl (C=O) groups is 1. The summed E-state index contributed by atoms with van der Waals surface area (Å²) in [5.74, 6) is 2.87. The molecule has 1 heteroatoms. The average molecular weight is 180 g/mol. The molecule has 0 aliphatic heterocycles. The topological polar surface area (TPSA) is 17.1 Å². The molecule has 0 radical (unpaired) electrons. The molecule has 2 rings (SSSR count).